The Balaban J connectivity index is 1.25. The molecule has 1 aromatic carbocycles. The Bertz CT molecular complexity index is 1540. The smallest absolute Gasteiger partial charge is 0.407 e. The molecule has 2 aliphatic heterocycles. The van der Waals surface area contributed by atoms with Crippen LogP contribution in [0.25, 0.3) is 5.65 Å². The van der Waals surface area contributed by atoms with E-state index in [1.807, 2.05) is 26.8 Å². The van der Waals surface area contributed by atoms with Gasteiger partial charge in [-0.2, -0.15) is 4.39 Å². The highest BCUT2D eigenvalue weighted by Gasteiger charge is 2.40. The van der Waals surface area contributed by atoms with Gasteiger partial charge in [0, 0.05) is 37.6 Å². The number of hydrogen-bond acceptors (Lipinski definition) is 8. The van der Waals surface area contributed by atoms with E-state index in [0.717, 1.165) is 31.4 Å². The number of anilines is 2. The van der Waals surface area contributed by atoms with E-state index in [2.05, 4.69) is 15.2 Å². The van der Waals surface area contributed by atoms with Crippen LogP contribution in [0.15, 0.2) is 24.5 Å². The Morgan fingerprint density at radius 2 is 1.81 bits per heavy atom. The third kappa shape index (κ3) is 5.25. The molecule has 224 valence electrons. The molecular formula is C30H36FN5O6. The zero-order valence-corrected chi connectivity index (χ0v) is 24.5. The number of hydrogen-bond donors (Lipinski definition) is 1. The summed E-state index contributed by atoms with van der Waals surface area (Å²) in [5, 5.41) is 2.96. The van der Waals surface area contributed by atoms with Crippen LogP contribution in [-0.2, 0) is 4.74 Å². The van der Waals surface area contributed by atoms with Crippen molar-refractivity contribution in [3.05, 3.63) is 41.6 Å². The number of fused-ring (bicyclic) bond motifs is 2. The quantitative estimate of drug-likeness (QED) is 0.442. The van der Waals surface area contributed by atoms with E-state index in [9.17, 15) is 9.59 Å². The predicted molar refractivity (Wildman–Crippen MR) is 153 cm³/mol. The Labute approximate surface area is 243 Å². The van der Waals surface area contributed by atoms with Gasteiger partial charge in [0.25, 0.3) is 5.91 Å². The van der Waals surface area contributed by atoms with Gasteiger partial charge in [0.05, 0.1) is 24.1 Å². The number of imidazole rings is 1. The van der Waals surface area contributed by atoms with Gasteiger partial charge in [0.1, 0.15) is 11.3 Å². The van der Waals surface area contributed by atoms with Crippen LogP contribution in [0.4, 0.5) is 20.6 Å². The fourth-order valence-corrected chi connectivity index (χ4v) is 5.62. The number of carbonyl (C=O) groups is 2. The van der Waals surface area contributed by atoms with Gasteiger partial charge in [-0.25, -0.2) is 9.78 Å². The minimum atomic E-state index is -0.619. The average Bonchev–Trinajstić information content (AvgIpc) is 3.49. The number of pyridine rings is 1. The molecule has 2 amide bonds. The topological polar surface area (TPSA) is 107 Å². The number of piperidine rings is 1. The number of aromatic nitrogens is 2. The van der Waals surface area contributed by atoms with Crippen LogP contribution in [-0.4, -0.2) is 66.1 Å². The third-order valence-corrected chi connectivity index (χ3v) is 7.62. The molecule has 0 atom stereocenters. The van der Waals surface area contributed by atoms with E-state index >= 15 is 4.39 Å². The molecule has 12 heteroatoms. The van der Waals surface area contributed by atoms with E-state index in [-0.39, 0.29) is 36.2 Å². The first kappa shape index (κ1) is 27.9. The summed E-state index contributed by atoms with van der Waals surface area (Å²) in [7, 11) is 1.39. The van der Waals surface area contributed by atoms with Gasteiger partial charge in [-0.05, 0) is 65.5 Å². The van der Waals surface area contributed by atoms with Crippen LogP contribution in [0.3, 0.4) is 0 Å². The number of alkyl carbamates (subject to hydrolysis) is 1. The van der Waals surface area contributed by atoms with Crippen LogP contribution in [0.2, 0.25) is 0 Å². The Morgan fingerprint density at radius 1 is 1.10 bits per heavy atom. The first-order valence-corrected chi connectivity index (χ1v) is 14.3. The lowest BCUT2D eigenvalue weighted by Crippen LogP contribution is -2.46. The molecule has 4 heterocycles. The molecule has 0 spiro atoms. The molecule has 2 fully saturated rings. The van der Waals surface area contributed by atoms with Crippen molar-refractivity contribution < 1.29 is 32.9 Å². The molecule has 1 aliphatic carbocycles. The van der Waals surface area contributed by atoms with Crippen molar-refractivity contribution in [2.75, 3.05) is 36.8 Å². The number of ether oxygens (including phenoxy) is 4. The predicted octanol–water partition coefficient (Wildman–Crippen LogP) is 4.82. The van der Waals surface area contributed by atoms with Gasteiger partial charge in [-0.15, -0.1) is 0 Å². The zero-order valence-electron chi connectivity index (χ0n) is 24.5. The van der Waals surface area contributed by atoms with Crippen molar-refractivity contribution in [3.63, 3.8) is 0 Å². The number of carbonyl (C=O) groups excluding carboxylic acids is 2. The normalized spacial score (nSPS) is 17.0. The summed E-state index contributed by atoms with van der Waals surface area (Å²) in [5.74, 6) is -0.0852. The summed E-state index contributed by atoms with van der Waals surface area (Å²) >= 11 is 0. The lowest BCUT2D eigenvalue weighted by Gasteiger charge is -2.34. The largest absolute Gasteiger partial charge is 0.491 e. The second-order valence-corrected chi connectivity index (χ2v) is 12.0. The molecule has 3 aromatic rings. The summed E-state index contributed by atoms with van der Waals surface area (Å²) in [5.41, 5.74) is 1.74. The minimum Gasteiger partial charge on any atom is -0.491 e. The molecule has 1 saturated carbocycles. The Morgan fingerprint density at radius 3 is 2.48 bits per heavy atom. The monoisotopic (exact) mass is 581 g/mol. The number of halogens is 1. The van der Waals surface area contributed by atoms with Gasteiger partial charge < -0.3 is 38.5 Å². The maximum atomic E-state index is 15.5. The minimum absolute atomic E-state index is 0.00117. The average molecular weight is 582 g/mol. The van der Waals surface area contributed by atoms with Crippen molar-refractivity contribution in [3.8, 4) is 17.2 Å². The SMILES string of the molecule is COc1c(N(C(=O)c2ccc(N3CCC(NC(=O)OC(C)(C)C)CC3)c3c2OCO3)C2CC2)cn2cc(C)nc2c1F. The lowest BCUT2D eigenvalue weighted by molar-refractivity contribution is 0.0497. The van der Waals surface area contributed by atoms with E-state index < -0.39 is 17.5 Å². The van der Waals surface area contributed by atoms with Gasteiger partial charge in [-0.1, -0.05) is 0 Å². The molecule has 42 heavy (non-hydrogen) atoms. The lowest BCUT2D eigenvalue weighted by atomic mass is 10.0. The Kier molecular flexibility index (Phi) is 7.02. The van der Waals surface area contributed by atoms with Crippen molar-refractivity contribution >= 4 is 29.0 Å². The fraction of sp³-hybridized carbons (Fsp3) is 0.500. The van der Waals surface area contributed by atoms with E-state index in [1.165, 1.54) is 7.11 Å². The second kappa shape index (κ2) is 10.6. The second-order valence-electron chi connectivity index (χ2n) is 12.0. The zero-order chi connectivity index (χ0) is 29.8. The van der Waals surface area contributed by atoms with Crippen LogP contribution in [0.5, 0.6) is 17.2 Å². The number of benzene rings is 1. The number of aryl methyl sites for hydroxylation is 1. The van der Waals surface area contributed by atoms with Crippen LogP contribution < -0.4 is 29.3 Å². The molecule has 0 unspecified atom stereocenters. The van der Waals surface area contributed by atoms with Crippen LogP contribution >= 0.6 is 0 Å². The molecular weight excluding hydrogens is 545 g/mol. The Hall–Kier alpha value is -4.22. The molecule has 6 rings (SSSR count). The summed E-state index contributed by atoms with van der Waals surface area (Å²) < 4.78 is 39.7. The summed E-state index contributed by atoms with van der Waals surface area (Å²) in [6.07, 6.45) is 6.03. The van der Waals surface area contributed by atoms with E-state index in [1.54, 1.807) is 34.7 Å². The van der Waals surface area contributed by atoms with Gasteiger partial charge in [0.2, 0.25) is 12.6 Å². The molecule has 0 radical (unpaired) electrons. The van der Waals surface area contributed by atoms with Gasteiger partial charge in [0.15, 0.2) is 22.9 Å². The number of nitrogens with one attached hydrogen (secondary N) is 1. The summed E-state index contributed by atoms with van der Waals surface area (Å²) in [6.45, 7) is 8.64. The highest BCUT2D eigenvalue weighted by molar-refractivity contribution is 6.10. The fourth-order valence-electron chi connectivity index (χ4n) is 5.62. The number of methoxy groups -OCH3 is 1. The van der Waals surface area contributed by atoms with E-state index in [4.69, 9.17) is 18.9 Å². The highest BCUT2D eigenvalue weighted by atomic mass is 19.1. The van der Waals surface area contributed by atoms with Crippen molar-refractivity contribution in [2.45, 2.75) is 71.1 Å². The highest BCUT2D eigenvalue weighted by Crippen LogP contribution is 2.47. The van der Waals surface area contributed by atoms with E-state index in [0.29, 0.717) is 41.5 Å². The standard InChI is InChI=1S/C30H36FN5O6/c1-17-14-35-15-22(25(39-5)23(31)27(35)32-17)36(19-6-7-19)28(37)20-8-9-21(26-24(20)40-16-41-26)34-12-10-18(11-13-34)33-29(38)42-30(2,3)4/h8-9,14-15,18-19H,6-7,10-13,16H2,1-5H3,(H,33,38). The molecule has 1 N–H and O–H groups in total. The summed E-state index contributed by atoms with van der Waals surface area (Å²) in [6, 6.07) is 3.52. The first-order chi connectivity index (χ1) is 20.0. The number of nitrogens with zero attached hydrogens (tertiary/aromatic N) is 4. The maximum Gasteiger partial charge on any atom is 0.407 e. The third-order valence-electron chi connectivity index (χ3n) is 7.62. The van der Waals surface area contributed by atoms with Crippen molar-refractivity contribution in [1.82, 2.24) is 14.7 Å². The van der Waals surface area contributed by atoms with Crippen LogP contribution in [0, 0.1) is 12.7 Å². The number of amides is 2. The van der Waals surface area contributed by atoms with Gasteiger partial charge >= 0.3 is 6.09 Å². The molecule has 1 saturated heterocycles. The summed E-state index contributed by atoms with van der Waals surface area (Å²) in [4.78, 5) is 34.4. The maximum absolute atomic E-state index is 15.5. The van der Waals surface area contributed by atoms with Gasteiger partial charge in [-0.3, -0.25) is 4.79 Å². The molecule has 11 nitrogen and oxygen atoms in total. The molecule has 2 aromatic heterocycles. The number of rotatable bonds is 6. The van der Waals surface area contributed by atoms with Crippen molar-refractivity contribution in [2.24, 2.45) is 0 Å². The van der Waals surface area contributed by atoms with Crippen LogP contribution in [0.1, 0.15) is 62.5 Å². The first-order valence-electron chi connectivity index (χ1n) is 14.3. The van der Waals surface area contributed by atoms with Crippen molar-refractivity contribution in [1.29, 1.82) is 0 Å². The molecule has 3 aliphatic rings. The molecule has 0 bridgehead atoms.